The second kappa shape index (κ2) is 7.25. The lowest BCUT2D eigenvalue weighted by Gasteiger charge is -2.21. The normalized spacial score (nSPS) is 13.9. The van der Waals surface area contributed by atoms with Gasteiger partial charge >= 0.3 is 0 Å². The highest BCUT2D eigenvalue weighted by Gasteiger charge is 2.20. The van der Waals surface area contributed by atoms with Crippen molar-refractivity contribution in [1.29, 1.82) is 0 Å². The number of ether oxygens (including phenoxy) is 3. The number of carbonyl (C=O) groups excluding carboxylic acids is 1. The molecule has 24 heavy (non-hydrogen) atoms. The van der Waals surface area contributed by atoms with Gasteiger partial charge in [0.1, 0.15) is 19.0 Å². The number of amides is 1. The fourth-order valence-electron chi connectivity index (χ4n) is 2.51. The predicted octanol–water partition coefficient (Wildman–Crippen LogP) is 3.56. The minimum Gasteiger partial charge on any atom is -0.486 e. The first kappa shape index (κ1) is 16.2. The summed E-state index contributed by atoms with van der Waals surface area (Å²) in [4.78, 5) is 12.5. The minimum absolute atomic E-state index is 0.183. The Bertz CT molecular complexity index is 729. The Hall–Kier alpha value is -2.69. The van der Waals surface area contributed by atoms with Gasteiger partial charge in [0, 0.05) is 11.8 Å². The highest BCUT2D eigenvalue weighted by molar-refractivity contribution is 5.94. The third kappa shape index (κ3) is 3.62. The van der Waals surface area contributed by atoms with Crippen molar-refractivity contribution < 1.29 is 19.0 Å². The predicted molar refractivity (Wildman–Crippen MR) is 91.9 cm³/mol. The summed E-state index contributed by atoms with van der Waals surface area (Å²) in [7, 11) is 0. The van der Waals surface area contributed by atoms with Crippen LogP contribution in [0.1, 0.15) is 18.9 Å². The van der Waals surface area contributed by atoms with Crippen molar-refractivity contribution in [2.24, 2.45) is 0 Å². The Balaban J connectivity index is 1.69. The first-order valence-corrected chi connectivity index (χ1v) is 8.10. The number of hydrogen-bond acceptors (Lipinski definition) is 4. The van der Waals surface area contributed by atoms with E-state index in [9.17, 15) is 4.79 Å². The molecule has 1 atom stereocenters. The molecule has 2 aromatic rings. The largest absolute Gasteiger partial charge is 0.486 e. The van der Waals surface area contributed by atoms with E-state index < -0.39 is 6.10 Å². The van der Waals surface area contributed by atoms with Crippen LogP contribution in [-0.4, -0.2) is 25.2 Å². The molecule has 0 saturated heterocycles. The Morgan fingerprint density at radius 2 is 1.92 bits per heavy atom. The number of hydrogen-bond donors (Lipinski definition) is 1. The van der Waals surface area contributed by atoms with E-state index in [1.165, 1.54) is 0 Å². The lowest BCUT2D eigenvalue weighted by molar-refractivity contribution is -0.122. The Morgan fingerprint density at radius 3 is 2.67 bits per heavy atom. The molecule has 1 aliphatic rings. The highest BCUT2D eigenvalue weighted by Crippen LogP contribution is 2.32. The smallest absolute Gasteiger partial charge is 0.265 e. The van der Waals surface area contributed by atoms with Gasteiger partial charge in [0.25, 0.3) is 5.91 Å². The summed E-state index contributed by atoms with van der Waals surface area (Å²) in [6, 6.07) is 13.0. The van der Waals surface area contributed by atoms with E-state index in [1.807, 2.05) is 38.1 Å². The summed E-state index contributed by atoms with van der Waals surface area (Å²) in [6.45, 7) is 4.94. The molecule has 0 aromatic heterocycles. The van der Waals surface area contributed by atoms with Crippen LogP contribution in [0, 0.1) is 6.92 Å². The van der Waals surface area contributed by atoms with Crippen molar-refractivity contribution in [3.63, 3.8) is 0 Å². The van der Waals surface area contributed by atoms with Crippen LogP contribution in [0.25, 0.3) is 0 Å². The zero-order valence-electron chi connectivity index (χ0n) is 13.9. The van der Waals surface area contributed by atoms with Crippen LogP contribution >= 0.6 is 0 Å². The number of benzene rings is 2. The summed E-state index contributed by atoms with van der Waals surface area (Å²) in [5.74, 6) is 1.88. The van der Waals surface area contributed by atoms with E-state index in [4.69, 9.17) is 14.2 Å². The van der Waals surface area contributed by atoms with E-state index >= 15 is 0 Å². The highest BCUT2D eigenvalue weighted by atomic mass is 16.6. The molecule has 1 aliphatic heterocycles. The molecule has 5 nitrogen and oxygen atoms in total. The quantitative estimate of drug-likeness (QED) is 0.912. The van der Waals surface area contributed by atoms with Gasteiger partial charge in [0.15, 0.2) is 17.6 Å². The van der Waals surface area contributed by atoms with Crippen LogP contribution in [0.15, 0.2) is 42.5 Å². The van der Waals surface area contributed by atoms with Gasteiger partial charge in [-0.1, -0.05) is 25.1 Å². The summed E-state index contributed by atoms with van der Waals surface area (Å²) in [5, 5.41) is 2.88. The van der Waals surface area contributed by atoms with Crippen LogP contribution in [0.3, 0.4) is 0 Å². The van der Waals surface area contributed by atoms with E-state index in [2.05, 4.69) is 5.32 Å². The van der Waals surface area contributed by atoms with E-state index in [0.29, 0.717) is 36.8 Å². The van der Waals surface area contributed by atoms with Gasteiger partial charge < -0.3 is 19.5 Å². The maximum absolute atomic E-state index is 12.5. The van der Waals surface area contributed by atoms with Gasteiger partial charge in [-0.3, -0.25) is 4.79 Å². The summed E-state index contributed by atoms with van der Waals surface area (Å²) >= 11 is 0. The monoisotopic (exact) mass is 327 g/mol. The van der Waals surface area contributed by atoms with E-state index in [-0.39, 0.29) is 5.91 Å². The number of fused-ring (bicyclic) bond motifs is 1. The summed E-state index contributed by atoms with van der Waals surface area (Å²) < 4.78 is 16.9. The number of carbonyl (C=O) groups is 1. The zero-order valence-corrected chi connectivity index (χ0v) is 13.9. The van der Waals surface area contributed by atoms with Crippen molar-refractivity contribution >= 4 is 11.6 Å². The zero-order chi connectivity index (χ0) is 16.9. The summed E-state index contributed by atoms with van der Waals surface area (Å²) in [5.41, 5.74) is 1.67. The molecule has 3 rings (SSSR count). The number of nitrogens with one attached hydrogen (secondary N) is 1. The van der Waals surface area contributed by atoms with Gasteiger partial charge in [-0.25, -0.2) is 0 Å². The second-order valence-corrected chi connectivity index (χ2v) is 5.63. The standard InChI is InChI=1S/C19H21NO4/c1-3-15(24-16-7-5-4-6-13(16)2)19(21)20-14-8-9-17-18(12-14)23-11-10-22-17/h4-9,12,15H,3,10-11H2,1-2H3,(H,20,21). The molecule has 1 N–H and O–H groups in total. The van der Waals surface area contributed by atoms with E-state index in [0.717, 1.165) is 11.3 Å². The molecule has 0 aliphatic carbocycles. The molecule has 2 aromatic carbocycles. The summed E-state index contributed by atoms with van der Waals surface area (Å²) in [6.07, 6.45) is 0.0179. The average molecular weight is 327 g/mol. The SMILES string of the molecule is CCC(Oc1ccccc1C)C(=O)Nc1ccc2c(c1)OCCO2. The van der Waals surface area contributed by atoms with Crippen molar-refractivity contribution in [2.45, 2.75) is 26.4 Å². The lowest BCUT2D eigenvalue weighted by Crippen LogP contribution is -2.32. The van der Waals surface area contributed by atoms with Gasteiger partial charge in [-0.05, 0) is 37.1 Å². The molecule has 0 spiro atoms. The maximum atomic E-state index is 12.5. The average Bonchev–Trinajstić information content (AvgIpc) is 2.61. The number of para-hydroxylation sites is 1. The number of anilines is 1. The first-order chi connectivity index (χ1) is 11.7. The van der Waals surface area contributed by atoms with Crippen molar-refractivity contribution in [2.75, 3.05) is 18.5 Å². The first-order valence-electron chi connectivity index (χ1n) is 8.10. The molecule has 0 bridgehead atoms. The molecular weight excluding hydrogens is 306 g/mol. The molecule has 126 valence electrons. The van der Waals surface area contributed by atoms with Crippen LogP contribution in [-0.2, 0) is 4.79 Å². The molecule has 1 amide bonds. The third-order valence-electron chi connectivity index (χ3n) is 3.84. The Morgan fingerprint density at radius 1 is 1.17 bits per heavy atom. The second-order valence-electron chi connectivity index (χ2n) is 5.63. The molecule has 1 heterocycles. The molecular formula is C19H21NO4. The fraction of sp³-hybridized carbons (Fsp3) is 0.316. The topological polar surface area (TPSA) is 56.8 Å². The fourth-order valence-corrected chi connectivity index (χ4v) is 2.51. The third-order valence-corrected chi connectivity index (χ3v) is 3.84. The number of aryl methyl sites for hydroxylation is 1. The molecule has 5 heteroatoms. The van der Waals surface area contributed by atoms with E-state index in [1.54, 1.807) is 18.2 Å². The van der Waals surface area contributed by atoms with Gasteiger partial charge in [-0.2, -0.15) is 0 Å². The van der Waals surface area contributed by atoms with Crippen LogP contribution < -0.4 is 19.5 Å². The van der Waals surface area contributed by atoms with Gasteiger partial charge in [0.2, 0.25) is 0 Å². The Kier molecular flexibility index (Phi) is 4.89. The lowest BCUT2D eigenvalue weighted by atomic mass is 10.2. The van der Waals surface area contributed by atoms with Crippen LogP contribution in [0.2, 0.25) is 0 Å². The number of rotatable bonds is 5. The molecule has 0 saturated carbocycles. The van der Waals surface area contributed by atoms with Crippen molar-refractivity contribution in [3.05, 3.63) is 48.0 Å². The van der Waals surface area contributed by atoms with Crippen molar-refractivity contribution in [3.8, 4) is 17.2 Å². The molecule has 0 fully saturated rings. The maximum Gasteiger partial charge on any atom is 0.265 e. The molecule has 0 radical (unpaired) electrons. The minimum atomic E-state index is -0.556. The van der Waals surface area contributed by atoms with Crippen LogP contribution in [0.5, 0.6) is 17.2 Å². The van der Waals surface area contributed by atoms with Gasteiger partial charge in [0.05, 0.1) is 0 Å². The molecule has 1 unspecified atom stereocenters. The van der Waals surface area contributed by atoms with Crippen molar-refractivity contribution in [1.82, 2.24) is 0 Å². The Labute approximate surface area is 141 Å². The van der Waals surface area contributed by atoms with Crippen LogP contribution in [0.4, 0.5) is 5.69 Å². The van der Waals surface area contributed by atoms with Gasteiger partial charge in [-0.15, -0.1) is 0 Å².